The molecular weight excluding hydrogens is 379 g/mol. The number of aliphatic imine (C=N–C) groups is 1. The average molecular weight is 405 g/mol. The molecule has 2 aromatic rings. The normalized spacial score (nSPS) is 15.9. The van der Waals surface area contributed by atoms with Crippen molar-refractivity contribution in [1.29, 1.82) is 0 Å². The second kappa shape index (κ2) is 9.50. The summed E-state index contributed by atoms with van der Waals surface area (Å²) in [4.78, 5) is 19.0. The molecule has 0 aromatic heterocycles. The van der Waals surface area contributed by atoms with Crippen LogP contribution in [0.4, 0.5) is 0 Å². The van der Waals surface area contributed by atoms with Crippen LogP contribution in [0, 0.1) is 0 Å². The van der Waals surface area contributed by atoms with E-state index in [9.17, 15) is 4.79 Å². The third-order valence-corrected chi connectivity index (χ3v) is 5.63. The third-order valence-electron chi connectivity index (χ3n) is 5.30. The molecule has 0 bridgehead atoms. The van der Waals surface area contributed by atoms with Crippen LogP contribution in [0.3, 0.4) is 0 Å². The standard InChI is InChI=1S/C22H25ClN2O.ClH/c1-22(2,25-15-9-4-10-16-25)20(17-11-5-3-6-12-17)24-21(26)18-13-7-8-14-19(18)23;/h3,5-8,11-14H,4,9-10,15-16H2,1-2H3;1H. The Morgan fingerprint density at radius 3 is 2.19 bits per heavy atom. The summed E-state index contributed by atoms with van der Waals surface area (Å²) in [6.45, 7) is 6.61. The Hall–Kier alpha value is -1.68. The summed E-state index contributed by atoms with van der Waals surface area (Å²) in [5, 5.41) is 0.441. The Balaban J connectivity index is 0.00000261. The Morgan fingerprint density at radius 1 is 0.963 bits per heavy atom. The van der Waals surface area contributed by atoms with E-state index in [0.717, 1.165) is 24.4 Å². The molecular formula is C22H26Cl2N2O. The molecule has 5 heteroatoms. The van der Waals surface area contributed by atoms with Gasteiger partial charge in [-0.25, -0.2) is 4.99 Å². The van der Waals surface area contributed by atoms with Gasteiger partial charge in [-0.2, -0.15) is 0 Å². The Kier molecular flexibility index (Phi) is 7.60. The van der Waals surface area contributed by atoms with Gasteiger partial charge < -0.3 is 17.3 Å². The monoisotopic (exact) mass is 404 g/mol. The fourth-order valence-electron chi connectivity index (χ4n) is 3.73. The molecule has 0 aliphatic carbocycles. The smallest absolute Gasteiger partial charge is 0.278 e. The molecule has 1 saturated heterocycles. The van der Waals surface area contributed by atoms with Gasteiger partial charge >= 0.3 is 0 Å². The second-order valence-corrected chi connectivity index (χ2v) is 7.81. The number of nitrogens with one attached hydrogen (secondary N) is 1. The molecule has 1 N–H and O–H groups in total. The number of likely N-dealkylation sites (tertiary alicyclic amines) is 1. The first kappa shape index (κ1) is 21.6. The first-order valence-corrected chi connectivity index (χ1v) is 9.66. The molecule has 1 heterocycles. The molecule has 3 rings (SSSR count). The first-order valence-electron chi connectivity index (χ1n) is 9.29. The second-order valence-electron chi connectivity index (χ2n) is 7.40. The lowest BCUT2D eigenvalue weighted by Gasteiger charge is -2.38. The zero-order chi connectivity index (χ0) is 18.6. The lowest BCUT2D eigenvalue weighted by molar-refractivity contribution is -0.941. The van der Waals surface area contributed by atoms with Gasteiger partial charge in [-0.1, -0.05) is 54.1 Å². The van der Waals surface area contributed by atoms with Crippen molar-refractivity contribution in [3.63, 3.8) is 0 Å². The number of halogens is 2. The number of hydrogen-bond acceptors (Lipinski definition) is 1. The van der Waals surface area contributed by atoms with Crippen LogP contribution in [0.2, 0.25) is 5.02 Å². The topological polar surface area (TPSA) is 33.9 Å². The summed E-state index contributed by atoms with van der Waals surface area (Å²) in [6.07, 6.45) is 3.73. The van der Waals surface area contributed by atoms with E-state index >= 15 is 0 Å². The van der Waals surface area contributed by atoms with Crippen molar-refractivity contribution in [1.82, 2.24) is 0 Å². The van der Waals surface area contributed by atoms with Crippen LogP contribution in [0.1, 0.15) is 49.0 Å². The predicted octanol–water partition coefficient (Wildman–Crippen LogP) is 0.821. The number of piperidine rings is 1. The maximum absolute atomic E-state index is 12.9. The van der Waals surface area contributed by atoms with Crippen molar-refractivity contribution in [2.75, 3.05) is 13.1 Å². The number of quaternary nitrogens is 1. The summed E-state index contributed by atoms with van der Waals surface area (Å²) in [5.41, 5.74) is 2.03. The largest absolute Gasteiger partial charge is 1.00 e. The van der Waals surface area contributed by atoms with Gasteiger partial charge in [0, 0.05) is 5.56 Å². The third kappa shape index (κ3) is 4.98. The summed E-state index contributed by atoms with van der Waals surface area (Å²) in [7, 11) is 0. The molecule has 2 aromatic carbocycles. The zero-order valence-corrected chi connectivity index (χ0v) is 17.4. The van der Waals surface area contributed by atoms with Crippen LogP contribution < -0.4 is 17.3 Å². The van der Waals surface area contributed by atoms with Crippen molar-refractivity contribution in [3.8, 4) is 0 Å². The fraction of sp³-hybridized carbons (Fsp3) is 0.364. The summed E-state index contributed by atoms with van der Waals surface area (Å²) in [5.74, 6) is -0.279. The molecule has 144 valence electrons. The lowest BCUT2D eigenvalue weighted by atomic mass is 9.88. The van der Waals surface area contributed by atoms with Gasteiger partial charge in [0.2, 0.25) is 0 Å². The first-order chi connectivity index (χ1) is 12.5. The molecule has 0 saturated carbocycles. The number of carbonyl (C=O) groups is 1. The zero-order valence-electron chi connectivity index (χ0n) is 15.8. The number of rotatable bonds is 4. The lowest BCUT2D eigenvalue weighted by Crippen LogP contribution is -3.21. The van der Waals surface area contributed by atoms with E-state index in [0.29, 0.717) is 10.6 Å². The quantitative estimate of drug-likeness (QED) is 0.752. The van der Waals surface area contributed by atoms with E-state index in [2.05, 4.69) is 18.8 Å². The van der Waals surface area contributed by atoms with Crippen molar-refractivity contribution >= 4 is 23.2 Å². The van der Waals surface area contributed by atoms with E-state index in [-0.39, 0.29) is 23.9 Å². The van der Waals surface area contributed by atoms with Crippen molar-refractivity contribution < 1.29 is 22.1 Å². The van der Waals surface area contributed by atoms with E-state index < -0.39 is 0 Å². The van der Waals surface area contributed by atoms with E-state index in [1.54, 1.807) is 12.1 Å². The molecule has 1 aliphatic rings. The molecule has 0 radical (unpaired) electrons. The Bertz CT molecular complexity index is 797. The molecule has 0 atom stereocenters. The van der Waals surface area contributed by atoms with Crippen molar-refractivity contribution in [2.24, 2.45) is 4.99 Å². The molecule has 1 fully saturated rings. The number of hydrogen-bond donors (Lipinski definition) is 1. The minimum atomic E-state index is -0.279. The van der Waals surface area contributed by atoms with E-state index in [4.69, 9.17) is 11.6 Å². The van der Waals surface area contributed by atoms with Crippen molar-refractivity contribution in [2.45, 2.75) is 38.6 Å². The highest BCUT2D eigenvalue weighted by Crippen LogP contribution is 2.19. The van der Waals surface area contributed by atoms with Crippen LogP contribution in [0.5, 0.6) is 0 Å². The summed E-state index contributed by atoms with van der Waals surface area (Å²) in [6, 6.07) is 17.1. The number of amides is 1. The summed E-state index contributed by atoms with van der Waals surface area (Å²) >= 11 is 6.22. The number of carbonyl (C=O) groups excluding carboxylic acids is 1. The van der Waals surface area contributed by atoms with Crippen molar-refractivity contribution in [3.05, 3.63) is 70.7 Å². The van der Waals surface area contributed by atoms with E-state index in [1.807, 2.05) is 42.5 Å². The van der Waals surface area contributed by atoms with Crippen LogP contribution in [-0.4, -0.2) is 30.2 Å². The number of nitrogens with zero attached hydrogens (tertiary/aromatic N) is 1. The highest BCUT2D eigenvalue weighted by molar-refractivity contribution is 6.34. The van der Waals surface area contributed by atoms with Crippen LogP contribution in [-0.2, 0) is 0 Å². The molecule has 27 heavy (non-hydrogen) atoms. The molecule has 1 amide bonds. The molecule has 1 aliphatic heterocycles. The number of benzene rings is 2. The van der Waals surface area contributed by atoms with Gasteiger partial charge in [0.25, 0.3) is 5.91 Å². The van der Waals surface area contributed by atoms with E-state index in [1.165, 1.54) is 24.2 Å². The van der Waals surface area contributed by atoms with Gasteiger partial charge in [0.15, 0.2) is 0 Å². The molecule has 3 nitrogen and oxygen atoms in total. The molecule has 0 spiro atoms. The van der Waals surface area contributed by atoms with Crippen LogP contribution in [0.15, 0.2) is 59.6 Å². The SMILES string of the molecule is CC(C)(C(=NC(=O)c1ccccc1Cl)c1ccccc1)[NH+]1CCCCC1.[Cl-]. The highest BCUT2D eigenvalue weighted by atomic mass is 35.5. The minimum Gasteiger partial charge on any atom is -1.00 e. The summed E-state index contributed by atoms with van der Waals surface area (Å²) < 4.78 is 0. The fourth-order valence-corrected chi connectivity index (χ4v) is 3.95. The highest BCUT2D eigenvalue weighted by Gasteiger charge is 2.38. The van der Waals surface area contributed by atoms with Gasteiger partial charge in [-0.15, -0.1) is 0 Å². The molecule has 0 unspecified atom stereocenters. The van der Waals surface area contributed by atoms with Crippen LogP contribution in [0.25, 0.3) is 0 Å². The Labute approximate surface area is 172 Å². The minimum absolute atomic E-state index is 0. The average Bonchev–Trinajstić information content (AvgIpc) is 2.67. The van der Waals surface area contributed by atoms with Gasteiger partial charge in [-0.05, 0) is 45.2 Å². The Morgan fingerprint density at radius 2 is 1.56 bits per heavy atom. The van der Waals surface area contributed by atoms with Gasteiger partial charge in [-0.3, -0.25) is 4.79 Å². The van der Waals surface area contributed by atoms with Gasteiger partial charge in [0.1, 0.15) is 11.3 Å². The predicted molar refractivity (Wildman–Crippen MR) is 107 cm³/mol. The maximum Gasteiger partial charge on any atom is 0.278 e. The van der Waals surface area contributed by atoms with Crippen LogP contribution >= 0.6 is 11.6 Å². The maximum atomic E-state index is 12.9. The van der Waals surface area contributed by atoms with Gasteiger partial charge in [0.05, 0.1) is 23.7 Å².